The van der Waals surface area contributed by atoms with Gasteiger partial charge in [0.25, 0.3) is 5.91 Å². The van der Waals surface area contributed by atoms with E-state index in [1.165, 1.54) is 25.2 Å². The first-order valence-electron chi connectivity index (χ1n) is 11.6. The number of halogens is 3. The van der Waals surface area contributed by atoms with Gasteiger partial charge in [-0.1, -0.05) is 32.0 Å². The van der Waals surface area contributed by atoms with Gasteiger partial charge >= 0.3 is 0 Å². The molecule has 4 rings (SSSR count). The van der Waals surface area contributed by atoms with Crippen molar-refractivity contribution in [2.75, 3.05) is 25.0 Å². The number of nitrogens with one attached hydrogen (secondary N) is 2. The van der Waals surface area contributed by atoms with E-state index in [4.69, 9.17) is 4.74 Å². The molecule has 2 heterocycles. The Morgan fingerprint density at radius 3 is 2.27 bits per heavy atom. The Balaban J connectivity index is 0.00000106. The first-order chi connectivity index (χ1) is 17.9. The van der Waals surface area contributed by atoms with Crippen LogP contribution in [0.1, 0.15) is 42.9 Å². The van der Waals surface area contributed by atoms with Gasteiger partial charge in [-0.25, -0.2) is 0 Å². The van der Waals surface area contributed by atoms with Crippen LogP contribution in [0.4, 0.5) is 24.5 Å². The van der Waals surface area contributed by atoms with Crippen molar-refractivity contribution in [1.82, 2.24) is 4.98 Å². The van der Waals surface area contributed by atoms with E-state index in [-0.39, 0.29) is 5.91 Å². The second-order valence-corrected chi connectivity index (χ2v) is 8.36. The summed E-state index contributed by atoms with van der Waals surface area (Å²) >= 11 is 1.37. The summed E-state index contributed by atoms with van der Waals surface area (Å²) in [5.41, 5.74) is 3.42. The molecule has 0 aliphatic carbocycles. The predicted molar refractivity (Wildman–Crippen MR) is 149 cm³/mol. The molecule has 0 saturated carbocycles. The van der Waals surface area contributed by atoms with Gasteiger partial charge in [0.2, 0.25) is 5.85 Å². The molecule has 5 nitrogen and oxygen atoms in total. The number of nitrogens with zero attached hydrogens (tertiary/aromatic N) is 1. The van der Waals surface area contributed by atoms with Crippen LogP contribution < -0.4 is 15.4 Å². The Hall–Kier alpha value is -3.59. The highest BCUT2D eigenvalue weighted by Gasteiger charge is 2.17. The van der Waals surface area contributed by atoms with Crippen LogP contribution in [0.25, 0.3) is 10.9 Å². The maximum Gasteiger partial charge on any atom is 0.267 e. The number of hydrogen-bond donors (Lipinski definition) is 2. The maximum atomic E-state index is 13.6. The smallest absolute Gasteiger partial charge is 0.267 e. The average molecular weight is 534 g/mol. The first kappa shape index (κ1) is 31.4. The van der Waals surface area contributed by atoms with Crippen LogP contribution in [0.15, 0.2) is 72.2 Å². The highest BCUT2D eigenvalue weighted by atomic mass is 32.1. The lowest BCUT2D eigenvalue weighted by atomic mass is 10.1. The zero-order valence-electron chi connectivity index (χ0n) is 21.9. The van der Waals surface area contributed by atoms with Gasteiger partial charge in [0.1, 0.15) is 10.6 Å². The van der Waals surface area contributed by atoms with Crippen molar-refractivity contribution in [3.63, 3.8) is 0 Å². The molecular formula is C28H34F3N3O2S. The summed E-state index contributed by atoms with van der Waals surface area (Å²) in [6.45, 7) is 7.25. The van der Waals surface area contributed by atoms with Gasteiger partial charge < -0.3 is 15.4 Å². The van der Waals surface area contributed by atoms with Crippen LogP contribution in [-0.2, 0) is 6.54 Å². The molecule has 2 N–H and O–H groups in total. The van der Waals surface area contributed by atoms with Crippen molar-refractivity contribution in [2.24, 2.45) is 0 Å². The number of hydrogen-bond acceptors (Lipinski definition) is 5. The maximum absolute atomic E-state index is 13.6. The first-order valence-corrected chi connectivity index (χ1v) is 12.5. The minimum atomic E-state index is -1.76. The van der Waals surface area contributed by atoms with Crippen molar-refractivity contribution in [2.45, 2.75) is 40.1 Å². The van der Waals surface area contributed by atoms with E-state index >= 15 is 0 Å². The molecule has 0 bridgehead atoms. The quantitative estimate of drug-likeness (QED) is 0.250. The number of fused-ring (bicyclic) bond motifs is 1. The third-order valence-corrected chi connectivity index (χ3v) is 5.47. The Labute approximate surface area is 220 Å². The number of aromatic nitrogens is 1. The van der Waals surface area contributed by atoms with E-state index < -0.39 is 5.85 Å². The summed E-state index contributed by atoms with van der Waals surface area (Å²) in [4.78, 5) is 17.8. The number of carbonyl (C=O) groups excluding carboxylic acids is 1. The zero-order chi connectivity index (χ0) is 27.8. The molecule has 0 radical (unpaired) electrons. The van der Waals surface area contributed by atoms with Crippen molar-refractivity contribution in [3.8, 4) is 5.75 Å². The van der Waals surface area contributed by atoms with Crippen molar-refractivity contribution in [1.29, 1.82) is 0 Å². The van der Waals surface area contributed by atoms with Gasteiger partial charge in [0.15, 0.2) is 0 Å². The average Bonchev–Trinajstić information content (AvgIpc) is 3.40. The van der Waals surface area contributed by atoms with E-state index in [0.29, 0.717) is 37.2 Å². The molecule has 0 aliphatic heterocycles. The fourth-order valence-electron chi connectivity index (χ4n) is 3.20. The van der Waals surface area contributed by atoms with Gasteiger partial charge in [0.05, 0.1) is 25.6 Å². The van der Waals surface area contributed by atoms with Crippen LogP contribution in [0, 0.1) is 0 Å². The zero-order valence-corrected chi connectivity index (χ0v) is 22.8. The molecule has 0 saturated heterocycles. The van der Waals surface area contributed by atoms with Crippen LogP contribution in [0.3, 0.4) is 0 Å². The molecular weight excluding hydrogens is 499 g/mol. The normalized spacial score (nSPS) is 9.97. The number of anilines is 2. The van der Waals surface area contributed by atoms with Crippen molar-refractivity contribution >= 4 is 39.5 Å². The summed E-state index contributed by atoms with van der Waals surface area (Å²) in [6.07, 6.45) is 1.79. The fraction of sp³-hybridized carbons (Fsp3) is 0.286. The molecule has 9 heteroatoms. The molecule has 37 heavy (non-hydrogen) atoms. The second kappa shape index (κ2) is 16.2. The number of carbonyl (C=O) groups is 1. The lowest BCUT2D eigenvalue weighted by molar-refractivity contribution is -0.0257. The SMILES string of the molecule is CC.CC(C)(F)Oc1ccc(NC(=O)c2sccc2NCc2ccnc3ccccc23)cc1.CF.CF. The highest BCUT2D eigenvalue weighted by molar-refractivity contribution is 7.12. The van der Waals surface area contributed by atoms with Crippen molar-refractivity contribution in [3.05, 3.63) is 82.7 Å². The Morgan fingerprint density at radius 2 is 1.62 bits per heavy atom. The largest absolute Gasteiger partial charge is 0.459 e. The number of pyridine rings is 1. The second-order valence-electron chi connectivity index (χ2n) is 7.45. The van der Waals surface area contributed by atoms with E-state index in [1.807, 2.05) is 55.6 Å². The molecule has 4 aromatic rings. The summed E-state index contributed by atoms with van der Waals surface area (Å²) in [5, 5.41) is 9.20. The molecule has 2 aromatic heterocycles. The van der Waals surface area contributed by atoms with Gasteiger partial charge in [0, 0.05) is 37.7 Å². The number of alkyl halides is 3. The van der Waals surface area contributed by atoms with E-state index in [2.05, 4.69) is 15.6 Å². The standard InChI is InChI=1S/C24H22FN3O2S.C2H6.2CH3F/c1-24(2,25)30-18-9-7-17(8-10-18)28-23(29)22-21(12-14-31-22)27-15-16-11-13-26-20-6-4-3-5-19(16)20;3*1-2/h3-14,27H,15H2,1-2H3,(H,28,29);1-2H3;2*1H3. The Kier molecular flexibility index (Phi) is 13.8. The van der Waals surface area contributed by atoms with Gasteiger partial charge in [-0.15, -0.1) is 11.3 Å². The van der Waals surface area contributed by atoms with Crippen LogP contribution in [0.5, 0.6) is 5.75 Å². The Morgan fingerprint density at radius 1 is 0.973 bits per heavy atom. The van der Waals surface area contributed by atoms with Crippen LogP contribution in [0.2, 0.25) is 0 Å². The molecule has 2 aromatic carbocycles. The van der Waals surface area contributed by atoms with Gasteiger partial charge in [-0.2, -0.15) is 4.39 Å². The van der Waals surface area contributed by atoms with Crippen LogP contribution in [-0.4, -0.2) is 31.1 Å². The van der Waals surface area contributed by atoms with Crippen molar-refractivity contribution < 1.29 is 22.7 Å². The third kappa shape index (κ3) is 9.76. The Bertz CT molecular complexity index is 1200. The highest BCUT2D eigenvalue weighted by Crippen LogP contribution is 2.26. The molecule has 1 amide bonds. The van der Waals surface area contributed by atoms with E-state index in [0.717, 1.165) is 22.2 Å². The monoisotopic (exact) mass is 533 g/mol. The lowest BCUT2D eigenvalue weighted by Crippen LogP contribution is -2.21. The number of ether oxygens (including phenoxy) is 1. The van der Waals surface area contributed by atoms with Gasteiger partial charge in [-0.05, 0) is 53.4 Å². The minimum Gasteiger partial charge on any atom is -0.459 e. The third-order valence-electron chi connectivity index (χ3n) is 4.55. The number of thiophene rings is 1. The molecule has 200 valence electrons. The number of benzene rings is 2. The molecule has 0 fully saturated rings. The summed E-state index contributed by atoms with van der Waals surface area (Å²) in [7, 11) is 1.00. The van der Waals surface area contributed by atoms with Gasteiger partial charge in [-0.3, -0.25) is 18.6 Å². The molecule has 0 spiro atoms. The minimum absolute atomic E-state index is 0.212. The molecule has 0 aliphatic rings. The lowest BCUT2D eigenvalue weighted by Gasteiger charge is -2.17. The molecule has 0 atom stereocenters. The summed E-state index contributed by atoms with van der Waals surface area (Å²) in [5.74, 6) is -1.58. The summed E-state index contributed by atoms with van der Waals surface area (Å²) < 4.78 is 37.8. The van der Waals surface area contributed by atoms with E-state index in [1.54, 1.807) is 30.5 Å². The number of amides is 1. The summed E-state index contributed by atoms with van der Waals surface area (Å²) in [6, 6.07) is 18.5. The fourth-order valence-corrected chi connectivity index (χ4v) is 3.96. The number of rotatable bonds is 7. The number of para-hydroxylation sites is 1. The molecule has 0 unspecified atom stereocenters. The predicted octanol–water partition coefficient (Wildman–Crippen LogP) is 8.44. The van der Waals surface area contributed by atoms with E-state index in [9.17, 15) is 18.0 Å². The van der Waals surface area contributed by atoms with Crippen LogP contribution >= 0.6 is 11.3 Å². The topological polar surface area (TPSA) is 63.2 Å².